The number of halogens is 1. The number of carbonyl (C=O) groups excluding carboxylic acids is 1. The summed E-state index contributed by atoms with van der Waals surface area (Å²) in [7, 11) is -3.00. The molecule has 8 nitrogen and oxygen atoms in total. The number of fused-ring (bicyclic) bond motifs is 1. The lowest BCUT2D eigenvalue weighted by atomic mass is 10.1. The summed E-state index contributed by atoms with van der Waals surface area (Å²) in [5, 5.41) is 4.28. The maximum atomic E-state index is 13.1. The van der Waals surface area contributed by atoms with Crippen molar-refractivity contribution in [2.45, 2.75) is 11.3 Å². The summed E-state index contributed by atoms with van der Waals surface area (Å²) < 4.78 is 23.5. The van der Waals surface area contributed by atoms with Crippen molar-refractivity contribution in [1.29, 1.82) is 0 Å². The van der Waals surface area contributed by atoms with E-state index >= 15 is 0 Å². The van der Waals surface area contributed by atoms with E-state index in [1.165, 1.54) is 11.8 Å². The number of hydrogen-bond donors (Lipinski definition) is 1. The van der Waals surface area contributed by atoms with Gasteiger partial charge in [-0.25, -0.2) is 13.4 Å². The van der Waals surface area contributed by atoms with E-state index < -0.39 is 9.84 Å². The Hall–Kier alpha value is -2.30. The number of aliphatic imine (C=N–C) groups is 1. The number of aromatic nitrogens is 1. The molecule has 0 unspecified atom stereocenters. The number of aromatic amines is 1. The van der Waals surface area contributed by atoms with Gasteiger partial charge in [-0.3, -0.25) is 14.7 Å². The summed E-state index contributed by atoms with van der Waals surface area (Å²) in [5.41, 5.74) is 1.16. The number of rotatable bonds is 3. The fraction of sp³-hybridized carbons (Fsp3) is 0.381. The minimum Gasteiger partial charge on any atom is -0.334 e. The number of amides is 1. The zero-order valence-corrected chi connectivity index (χ0v) is 19.6. The van der Waals surface area contributed by atoms with Crippen LogP contribution in [0.2, 0.25) is 5.02 Å². The monoisotopic (exact) mass is 492 g/mol. The molecule has 0 spiro atoms. The van der Waals surface area contributed by atoms with Crippen LogP contribution < -0.4 is 15.2 Å². The van der Waals surface area contributed by atoms with Crippen molar-refractivity contribution in [3.8, 4) is 0 Å². The summed E-state index contributed by atoms with van der Waals surface area (Å²) in [5.74, 6) is 1.25. The van der Waals surface area contributed by atoms with Crippen molar-refractivity contribution >= 4 is 55.8 Å². The molecule has 2 N–H and O–H groups in total. The minimum atomic E-state index is -3.00. The van der Waals surface area contributed by atoms with Gasteiger partial charge in [0.1, 0.15) is 13.1 Å². The van der Waals surface area contributed by atoms with Gasteiger partial charge >= 0.3 is 0 Å². The highest BCUT2D eigenvalue weighted by atomic mass is 35.5. The van der Waals surface area contributed by atoms with Gasteiger partial charge in [-0.1, -0.05) is 29.4 Å². The van der Waals surface area contributed by atoms with Gasteiger partial charge in [-0.2, -0.15) is 0 Å². The first-order chi connectivity index (χ1) is 15.4. The zero-order chi connectivity index (χ0) is 22.3. The molecule has 5 rings (SSSR count). The summed E-state index contributed by atoms with van der Waals surface area (Å²) >= 11 is 7.79. The van der Waals surface area contributed by atoms with Gasteiger partial charge in [0.25, 0.3) is 11.7 Å². The summed E-state index contributed by atoms with van der Waals surface area (Å²) in [4.78, 5) is 24.9. The van der Waals surface area contributed by atoms with Crippen LogP contribution in [-0.4, -0.2) is 73.4 Å². The highest BCUT2D eigenvalue weighted by Gasteiger charge is 2.42. The van der Waals surface area contributed by atoms with Crippen LogP contribution in [0.25, 0.3) is 0 Å². The first-order valence-electron chi connectivity index (χ1n) is 10.4. The van der Waals surface area contributed by atoms with E-state index in [0.29, 0.717) is 34.5 Å². The van der Waals surface area contributed by atoms with Gasteiger partial charge in [0.2, 0.25) is 0 Å². The van der Waals surface area contributed by atoms with Crippen molar-refractivity contribution in [2.24, 2.45) is 4.99 Å². The molecule has 0 aliphatic carbocycles. The molecule has 1 aromatic heterocycles. The molecule has 1 amide bonds. The van der Waals surface area contributed by atoms with Crippen LogP contribution in [0, 0.1) is 0 Å². The molecule has 0 saturated carbocycles. The van der Waals surface area contributed by atoms with Crippen molar-refractivity contribution in [3.05, 3.63) is 53.2 Å². The number of nitrogens with zero attached hydrogens (tertiary/aromatic N) is 3. The van der Waals surface area contributed by atoms with Gasteiger partial charge in [0, 0.05) is 16.9 Å². The third-order valence-corrected chi connectivity index (χ3v) is 9.34. The molecular formula is C21H23ClN5O3S2+. The molecule has 1 aromatic carbocycles. The lowest BCUT2D eigenvalue weighted by molar-refractivity contribution is -0.364. The van der Waals surface area contributed by atoms with E-state index in [-0.39, 0.29) is 28.7 Å². The van der Waals surface area contributed by atoms with Crippen molar-refractivity contribution in [1.82, 2.24) is 4.90 Å². The number of hydrogen-bond acceptors (Lipinski definition) is 7. The molecule has 4 heterocycles. The summed E-state index contributed by atoms with van der Waals surface area (Å²) in [6.07, 6.45) is 1.90. The molecule has 0 radical (unpaired) electrons. The largest absolute Gasteiger partial charge is 0.334 e. The Kier molecular flexibility index (Phi) is 5.77. The number of H-pyrrole nitrogens is 1. The van der Waals surface area contributed by atoms with E-state index in [0.717, 1.165) is 18.9 Å². The highest BCUT2D eigenvalue weighted by Crippen LogP contribution is 2.35. The molecule has 0 bridgehead atoms. The van der Waals surface area contributed by atoms with Gasteiger partial charge < -0.3 is 10.2 Å². The third kappa shape index (κ3) is 4.44. The average Bonchev–Trinajstić information content (AvgIpc) is 3.28. The normalized spacial score (nSPS) is 24.2. The second-order valence-electron chi connectivity index (χ2n) is 8.08. The average molecular weight is 493 g/mol. The van der Waals surface area contributed by atoms with Gasteiger partial charge in [0.15, 0.2) is 15.0 Å². The third-order valence-electron chi connectivity index (χ3n) is 5.87. The smallest absolute Gasteiger partial charge is 0.274 e. The number of pyridine rings is 1. The number of thioether (sulfide) groups is 1. The molecule has 2 atom stereocenters. The second-order valence-corrected chi connectivity index (χ2v) is 11.9. The molecule has 3 aliphatic heterocycles. The Morgan fingerprint density at radius 3 is 2.69 bits per heavy atom. The number of piperazine rings is 1. The van der Waals surface area contributed by atoms with Crippen molar-refractivity contribution in [2.75, 3.05) is 47.9 Å². The molecule has 2 aromatic rings. The number of sulfone groups is 1. The first-order valence-corrected chi connectivity index (χ1v) is 13.5. The molecule has 168 valence electrons. The Labute approximate surface area is 196 Å². The molecule has 11 heteroatoms. The van der Waals surface area contributed by atoms with Crippen LogP contribution in [0.3, 0.4) is 0 Å². The zero-order valence-electron chi connectivity index (χ0n) is 17.2. The Morgan fingerprint density at radius 2 is 1.97 bits per heavy atom. The predicted molar refractivity (Wildman–Crippen MR) is 127 cm³/mol. The van der Waals surface area contributed by atoms with E-state index in [1.54, 1.807) is 18.2 Å². The maximum Gasteiger partial charge on any atom is 0.274 e. The van der Waals surface area contributed by atoms with Crippen LogP contribution >= 0.6 is 23.4 Å². The first kappa shape index (κ1) is 21.5. The second kappa shape index (κ2) is 8.57. The SMILES string of the molecule is O=C(c1ccc(Cl)c(NC2=N[C@H]3CS(=O)(=O)C[C@@H]3S2)c1)N1CCN(c2cccc[nH+]2)CC1. The standard InChI is InChI=1S/C21H22ClN5O3S2/c22-15-5-4-14(11-16(15)24-21-25-17-12-32(29,30)13-18(17)31-21)20(28)27-9-7-26(8-10-27)19-3-1-2-6-23-19/h1-6,11,17-18H,7-10,12-13H2,(H,24,25)/p+1/t17-,18-/m0/s1. The van der Waals surface area contributed by atoms with Gasteiger partial charge in [-0.15, -0.1) is 0 Å². The Balaban J connectivity index is 1.25. The van der Waals surface area contributed by atoms with Crippen LogP contribution in [0.15, 0.2) is 47.6 Å². The lowest BCUT2D eigenvalue weighted by Crippen LogP contribution is -2.50. The quantitative estimate of drug-likeness (QED) is 0.701. The number of carbonyl (C=O) groups is 1. The van der Waals surface area contributed by atoms with Crippen LogP contribution in [0.1, 0.15) is 10.4 Å². The van der Waals surface area contributed by atoms with Crippen LogP contribution in [-0.2, 0) is 9.84 Å². The minimum absolute atomic E-state index is 0.0367. The van der Waals surface area contributed by atoms with E-state index in [2.05, 4.69) is 20.2 Å². The molecule has 32 heavy (non-hydrogen) atoms. The summed E-state index contributed by atoms with van der Waals surface area (Å²) in [6, 6.07) is 10.9. The lowest BCUT2D eigenvalue weighted by Gasteiger charge is -2.31. The van der Waals surface area contributed by atoms with Gasteiger partial charge in [-0.05, 0) is 24.3 Å². The molecular weight excluding hydrogens is 470 g/mol. The number of nitrogens with one attached hydrogen (secondary N) is 2. The van der Waals surface area contributed by atoms with Gasteiger partial charge in [0.05, 0.1) is 47.5 Å². The molecule has 2 fully saturated rings. The summed E-state index contributed by atoms with van der Waals surface area (Å²) in [6.45, 7) is 2.77. The fourth-order valence-corrected chi connectivity index (χ4v) is 8.03. The topological polar surface area (TPSA) is 96.2 Å². The van der Waals surface area contributed by atoms with Crippen molar-refractivity contribution < 1.29 is 18.2 Å². The molecule has 2 saturated heterocycles. The highest BCUT2D eigenvalue weighted by molar-refractivity contribution is 8.15. The van der Waals surface area contributed by atoms with Crippen molar-refractivity contribution in [3.63, 3.8) is 0 Å². The van der Waals surface area contributed by atoms with E-state index in [9.17, 15) is 13.2 Å². The molecule has 3 aliphatic rings. The maximum absolute atomic E-state index is 13.1. The van der Waals surface area contributed by atoms with E-state index in [4.69, 9.17) is 11.6 Å². The number of anilines is 2. The Morgan fingerprint density at radius 1 is 1.16 bits per heavy atom. The number of benzene rings is 1. The van der Waals surface area contributed by atoms with Crippen LogP contribution in [0.5, 0.6) is 0 Å². The van der Waals surface area contributed by atoms with E-state index in [1.807, 2.05) is 29.3 Å². The van der Waals surface area contributed by atoms with Crippen LogP contribution in [0.4, 0.5) is 11.5 Å². The predicted octanol–water partition coefficient (Wildman–Crippen LogP) is 1.80. The Bertz CT molecular complexity index is 1170. The number of amidine groups is 1. The fourth-order valence-electron chi connectivity index (χ4n) is 4.20.